The molecule has 0 atom stereocenters. The maximum absolute atomic E-state index is 11.4. The van der Waals surface area contributed by atoms with Crippen molar-refractivity contribution in [3.05, 3.63) is 30.3 Å². The summed E-state index contributed by atoms with van der Waals surface area (Å²) in [6.45, 7) is 5.21. The third-order valence-corrected chi connectivity index (χ3v) is 2.69. The quantitative estimate of drug-likeness (QED) is 0.707. The lowest BCUT2D eigenvalue weighted by Crippen LogP contribution is -2.29. The van der Waals surface area contributed by atoms with Gasteiger partial charge in [-0.05, 0) is 12.1 Å². The first-order valence-electron chi connectivity index (χ1n) is 6.48. The predicted octanol–water partition coefficient (Wildman–Crippen LogP) is 2.61. The van der Waals surface area contributed by atoms with E-state index in [9.17, 15) is 4.79 Å². The van der Waals surface area contributed by atoms with Crippen LogP contribution in [0, 0.1) is 17.2 Å². The number of esters is 1. The van der Waals surface area contributed by atoms with Gasteiger partial charge < -0.3 is 9.64 Å². The van der Waals surface area contributed by atoms with Gasteiger partial charge in [-0.15, -0.1) is 0 Å². The molecule has 19 heavy (non-hydrogen) atoms. The van der Waals surface area contributed by atoms with Gasteiger partial charge in [0.2, 0.25) is 0 Å². The lowest BCUT2D eigenvalue weighted by Gasteiger charge is -2.23. The highest BCUT2D eigenvalue weighted by Gasteiger charge is 2.10. The largest absolute Gasteiger partial charge is 0.464 e. The van der Waals surface area contributed by atoms with Crippen LogP contribution in [0.15, 0.2) is 30.3 Å². The van der Waals surface area contributed by atoms with Crippen molar-refractivity contribution in [2.24, 2.45) is 5.92 Å². The summed E-state index contributed by atoms with van der Waals surface area (Å²) in [7, 11) is 0. The molecule has 0 saturated heterocycles. The van der Waals surface area contributed by atoms with Crippen LogP contribution in [0.25, 0.3) is 0 Å². The molecule has 0 heterocycles. The van der Waals surface area contributed by atoms with E-state index in [4.69, 9.17) is 10.00 Å². The van der Waals surface area contributed by atoms with Crippen molar-refractivity contribution < 1.29 is 9.53 Å². The zero-order valence-electron chi connectivity index (χ0n) is 11.5. The Hall–Kier alpha value is -2.02. The van der Waals surface area contributed by atoms with Gasteiger partial charge in [0.1, 0.15) is 6.61 Å². The number of rotatable bonds is 7. The van der Waals surface area contributed by atoms with Crippen LogP contribution in [0.4, 0.5) is 5.69 Å². The second-order valence-corrected chi connectivity index (χ2v) is 4.55. The van der Waals surface area contributed by atoms with Gasteiger partial charge in [-0.25, -0.2) is 0 Å². The molecule has 0 unspecified atom stereocenters. The molecular weight excluding hydrogens is 240 g/mol. The Morgan fingerprint density at radius 2 is 2.00 bits per heavy atom. The molecule has 102 valence electrons. The van der Waals surface area contributed by atoms with Gasteiger partial charge in [-0.3, -0.25) is 4.79 Å². The van der Waals surface area contributed by atoms with Crippen molar-refractivity contribution in [3.63, 3.8) is 0 Å². The molecule has 0 fully saturated rings. The minimum atomic E-state index is -0.187. The normalized spacial score (nSPS) is 10.0. The lowest BCUT2D eigenvalue weighted by molar-refractivity contribution is -0.146. The lowest BCUT2D eigenvalue weighted by atomic mass is 10.2. The van der Waals surface area contributed by atoms with Gasteiger partial charge in [0.25, 0.3) is 0 Å². The molecule has 0 spiro atoms. The average molecular weight is 260 g/mol. The second-order valence-electron chi connectivity index (χ2n) is 4.55. The Morgan fingerprint density at radius 1 is 1.32 bits per heavy atom. The number of carbonyl (C=O) groups excluding carboxylic acids is 1. The standard InChI is InChI=1S/C15H20N2O2/c1-13(2)15(18)19-12-11-17(10-6-9-16)14-7-4-3-5-8-14/h3-5,7-8,13H,6,10-12H2,1-2H3. The minimum absolute atomic E-state index is 0.107. The molecule has 4 nitrogen and oxygen atoms in total. The summed E-state index contributed by atoms with van der Waals surface area (Å²) in [5.41, 5.74) is 1.04. The minimum Gasteiger partial charge on any atom is -0.464 e. The van der Waals surface area contributed by atoms with E-state index in [0.29, 0.717) is 26.1 Å². The third kappa shape index (κ3) is 5.43. The van der Waals surface area contributed by atoms with Gasteiger partial charge in [-0.2, -0.15) is 5.26 Å². The molecule has 1 aromatic carbocycles. The van der Waals surface area contributed by atoms with E-state index in [1.54, 1.807) is 0 Å². The molecule has 0 radical (unpaired) electrons. The number of nitriles is 1. The van der Waals surface area contributed by atoms with Crippen LogP contribution in [0.5, 0.6) is 0 Å². The van der Waals surface area contributed by atoms with Crippen LogP contribution in [0.3, 0.4) is 0 Å². The summed E-state index contributed by atoms with van der Waals surface area (Å²) in [5.74, 6) is -0.294. The zero-order valence-corrected chi connectivity index (χ0v) is 11.5. The highest BCUT2D eigenvalue weighted by Crippen LogP contribution is 2.13. The van der Waals surface area contributed by atoms with E-state index in [1.165, 1.54) is 0 Å². The molecule has 0 amide bonds. The fraction of sp³-hybridized carbons (Fsp3) is 0.467. The predicted molar refractivity (Wildman–Crippen MR) is 74.7 cm³/mol. The fourth-order valence-corrected chi connectivity index (χ4v) is 1.62. The number of benzene rings is 1. The molecule has 0 saturated carbocycles. The molecular formula is C15H20N2O2. The molecule has 0 aliphatic heterocycles. The van der Waals surface area contributed by atoms with Crippen molar-refractivity contribution in [2.45, 2.75) is 20.3 Å². The summed E-state index contributed by atoms with van der Waals surface area (Å²) >= 11 is 0. The van der Waals surface area contributed by atoms with E-state index in [2.05, 4.69) is 11.0 Å². The molecule has 1 aromatic rings. The van der Waals surface area contributed by atoms with Crippen molar-refractivity contribution in [2.75, 3.05) is 24.6 Å². The number of nitrogens with zero attached hydrogens (tertiary/aromatic N) is 2. The summed E-state index contributed by atoms with van der Waals surface area (Å²) in [6.07, 6.45) is 0.451. The van der Waals surface area contributed by atoms with E-state index in [1.807, 2.05) is 44.2 Å². The van der Waals surface area contributed by atoms with Crippen molar-refractivity contribution in [1.82, 2.24) is 0 Å². The molecule has 0 aliphatic rings. The first kappa shape index (κ1) is 15.0. The van der Waals surface area contributed by atoms with Gasteiger partial charge >= 0.3 is 5.97 Å². The van der Waals surface area contributed by atoms with Gasteiger partial charge in [0.05, 0.1) is 25.0 Å². The Balaban J connectivity index is 2.52. The third-order valence-electron chi connectivity index (χ3n) is 2.69. The highest BCUT2D eigenvalue weighted by atomic mass is 16.5. The van der Waals surface area contributed by atoms with Crippen molar-refractivity contribution in [3.8, 4) is 6.07 Å². The summed E-state index contributed by atoms with van der Waals surface area (Å²) in [5, 5.41) is 8.69. The molecule has 0 bridgehead atoms. The average Bonchev–Trinajstić information content (AvgIpc) is 2.43. The van der Waals surface area contributed by atoms with E-state index < -0.39 is 0 Å². The number of anilines is 1. The first-order valence-corrected chi connectivity index (χ1v) is 6.48. The van der Waals surface area contributed by atoms with Crippen LogP contribution < -0.4 is 4.90 Å². The summed E-state index contributed by atoms with van der Waals surface area (Å²) < 4.78 is 5.17. The van der Waals surface area contributed by atoms with Crippen LogP contribution in [-0.4, -0.2) is 25.7 Å². The second kappa shape index (κ2) is 8.15. The van der Waals surface area contributed by atoms with Crippen LogP contribution in [0.2, 0.25) is 0 Å². The zero-order chi connectivity index (χ0) is 14.1. The Kier molecular flexibility index (Phi) is 6.45. The van der Waals surface area contributed by atoms with E-state index in [-0.39, 0.29) is 11.9 Å². The number of ether oxygens (including phenoxy) is 1. The molecule has 4 heteroatoms. The fourth-order valence-electron chi connectivity index (χ4n) is 1.62. The van der Waals surface area contributed by atoms with Crippen molar-refractivity contribution in [1.29, 1.82) is 5.26 Å². The number of carbonyl (C=O) groups is 1. The number of para-hydroxylation sites is 1. The van der Waals surface area contributed by atoms with Gasteiger partial charge in [-0.1, -0.05) is 32.0 Å². The molecule has 0 aliphatic carbocycles. The molecule has 1 rings (SSSR count). The Labute approximate surface area is 114 Å². The monoisotopic (exact) mass is 260 g/mol. The smallest absolute Gasteiger partial charge is 0.308 e. The van der Waals surface area contributed by atoms with Crippen LogP contribution >= 0.6 is 0 Å². The molecule has 0 N–H and O–H groups in total. The van der Waals surface area contributed by atoms with Crippen LogP contribution in [0.1, 0.15) is 20.3 Å². The van der Waals surface area contributed by atoms with E-state index >= 15 is 0 Å². The topological polar surface area (TPSA) is 53.3 Å². The van der Waals surface area contributed by atoms with Crippen molar-refractivity contribution >= 4 is 11.7 Å². The van der Waals surface area contributed by atoms with Crippen LogP contribution in [-0.2, 0) is 9.53 Å². The number of hydrogen-bond acceptors (Lipinski definition) is 4. The first-order chi connectivity index (χ1) is 9.15. The highest BCUT2D eigenvalue weighted by molar-refractivity contribution is 5.71. The molecule has 0 aromatic heterocycles. The summed E-state index contributed by atoms with van der Waals surface area (Å²) in [4.78, 5) is 13.4. The van der Waals surface area contributed by atoms with Gasteiger partial charge in [0.15, 0.2) is 0 Å². The SMILES string of the molecule is CC(C)C(=O)OCCN(CCC#N)c1ccccc1. The number of hydrogen-bond donors (Lipinski definition) is 0. The van der Waals surface area contributed by atoms with Gasteiger partial charge in [0, 0.05) is 12.2 Å². The maximum atomic E-state index is 11.4. The van der Waals surface area contributed by atoms with E-state index in [0.717, 1.165) is 5.69 Å². The Morgan fingerprint density at radius 3 is 2.58 bits per heavy atom. The Bertz CT molecular complexity index is 424. The summed E-state index contributed by atoms with van der Waals surface area (Å²) in [6, 6.07) is 12.0. The maximum Gasteiger partial charge on any atom is 0.308 e.